The highest BCUT2D eigenvalue weighted by atomic mass is 79.9. The lowest BCUT2D eigenvalue weighted by molar-refractivity contribution is 0.0511. The van der Waals surface area contributed by atoms with E-state index in [0.29, 0.717) is 45.0 Å². The molecule has 0 aliphatic heterocycles. The van der Waals surface area contributed by atoms with Gasteiger partial charge in [0.05, 0.1) is 26.4 Å². The van der Waals surface area contributed by atoms with Crippen molar-refractivity contribution >= 4 is 87.6 Å². The van der Waals surface area contributed by atoms with Crippen LogP contribution in [0.5, 0.6) is 0 Å². The molecule has 4 N–H and O–H groups in total. The average molecular weight is 1220 g/mol. The first kappa shape index (κ1) is 50.7. The number of esters is 4. The first-order chi connectivity index (χ1) is 34.8. The van der Waals surface area contributed by atoms with Gasteiger partial charge in [0.2, 0.25) is 0 Å². The minimum absolute atomic E-state index is 0.132. The predicted octanol–water partition coefficient (Wildman–Crippen LogP) is 14.1. The van der Waals surface area contributed by atoms with Gasteiger partial charge in [-0.1, -0.05) is 112 Å². The molecule has 0 fully saturated rings. The van der Waals surface area contributed by atoms with Crippen LogP contribution in [0.4, 0.5) is 0 Å². The summed E-state index contributed by atoms with van der Waals surface area (Å²) in [5, 5.41) is 0. The van der Waals surface area contributed by atoms with Gasteiger partial charge in [-0.3, -0.25) is 0 Å². The number of fused-ring (bicyclic) bond motifs is 4. The number of aromatic nitrogens is 4. The summed E-state index contributed by atoms with van der Waals surface area (Å²) in [6, 6.07) is 30.9. The summed E-state index contributed by atoms with van der Waals surface area (Å²) >= 11 is 14.4. The maximum atomic E-state index is 14.3. The average Bonchev–Trinajstić information content (AvgIpc) is 4.12. The van der Waals surface area contributed by atoms with E-state index >= 15 is 0 Å². The van der Waals surface area contributed by atoms with E-state index in [1.165, 1.54) is 0 Å². The Morgan fingerprint density at radius 3 is 0.694 bits per heavy atom. The second-order valence-corrected chi connectivity index (χ2v) is 20.6. The Bertz CT molecular complexity index is 2900. The number of benzene rings is 4. The molecule has 9 rings (SSSR count). The highest BCUT2D eigenvalue weighted by molar-refractivity contribution is 9.11. The van der Waals surface area contributed by atoms with Gasteiger partial charge >= 0.3 is 23.9 Å². The van der Waals surface area contributed by atoms with Crippen LogP contribution in [0.25, 0.3) is 44.5 Å². The van der Waals surface area contributed by atoms with Crippen molar-refractivity contribution in [2.45, 2.75) is 53.4 Å². The van der Waals surface area contributed by atoms with Crippen molar-refractivity contribution in [2.75, 3.05) is 26.4 Å². The molecule has 368 valence electrons. The number of halogens is 4. The molecule has 1 aliphatic carbocycles. The fraction of sp³-hybridized carbons (Fsp3) is 0.214. The standard InChI is InChI=1S/C56H48Br4N4O8/c1-5-69-53(65)49-45(29-9-17-33(57)18-10-29)37-25-42-39(47(31-13-21-35(59)22-14-31)51(62-42)55(67)71-7-3)27-44-40(48(32-15-23-36(60)24-16-32)52(64-44)56(68)72-8-4)28-43-38(26-41(37)61-49)46(30-11-19-34(58)20-12-30)50(63-43)54(66)70-6-2/h9-24,61-64H,5-8,25-28H2,1-4H3. The molecule has 12 nitrogen and oxygen atoms in total. The molecule has 0 saturated carbocycles. The number of nitrogens with one attached hydrogen (secondary N) is 4. The smallest absolute Gasteiger partial charge is 0.355 e. The Labute approximate surface area is 449 Å². The topological polar surface area (TPSA) is 168 Å². The van der Waals surface area contributed by atoms with E-state index in [2.05, 4.69) is 83.7 Å². The highest BCUT2D eigenvalue weighted by Crippen LogP contribution is 2.44. The molecule has 0 amide bonds. The van der Waals surface area contributed by atoms with Gasteiger partial charge < -0.3 is 38.9 Å². The summed E-state index contributed by atoms with van der Waals surface area (Å²) in [6.07, 6.45) is 0.696. The van der Waals surface area contributed by atoms with Crippen molar-refractivity contribution in [1.82, 2.24) is 19.9 Å². The maximum absolute atomic E-state index is 14.3. The quantitative estimate of drug-likeness (QED) is 0.0692. The zero-order chi connectivity index (χ0) is 50.8. The van der Waals surface area contributed by atoms with Crippen LogP contribution in [0, 0.1) is 0 Å². The summed E-state index contributed by atoms with van der Waals surface area (Å²) in [6.45, 7) is 7.59. The summed E-state index contributed by atoms with van der Waals surface area (Å²) < 4.78 is 26.5. The van der Waals surface area contributed by atoms with Crippen molar-refractivity contribution in [1.29, 1.82) is 0 Å². The summed E-state index contributed by atoms with van der Waals surface area (Å²) in [7, 11) is 0. The zero-order valence-electron chi connectivity index (χ0n) is 39.7. The molecule has 72 heavy (non-hydrogen) atoms. The minimum atomic E-state index is -0.544. The van der Waals surface area contributed by atoms with E-state index in [9.17, 15) is 19.2 Å². The minimum Gasteiger partial charge on any atom is -0.461 e. The first-order valence-corrected chi connectivity index (χ1v) is 26.7. The van der Waals surface area contributed by atoms with Gasteiger partial charge in [-0.2, -0.15) is 0 Å². The van der Waals surface area contributed by atoms with Crippen molar-refractivity contribution in [3.63, 3.8) is 0 Å². The van der Waals surface area contributed by atoms with Crippen LogP contribution in [0.2, 0.25) is 0 Å². The van der Waals surface area contributed by atoms with Crippen LogP contribution in [-0.2, 0) is 44.6 Å². The number of carbonyl (C=O) groups is 4. The SMILES string of the molecule is CCOC(=O)c1[nH]c2c(c1-c1ccc(Br)cc1)Cc1[nH]c(C(=O)OCC)c(-c3ccc(Br)cc3)c1Cc1[nH]c(C(=O)OCC)c(-c3ccc(Br)cc3)c1Cc1[nH]c(C(=O)OCC)c(-c3ccc(Br)cc3)c1C2. The Morgan fingerprint density at radius 2 is 0.528 bits per heavy atom. The molecule has 4 aromatic heterocycles. The molecule has 16 heteroatoms. The largest absolute Gasteiger partial charge is 0.461 e. The summed E-state index contributed by atoms with van der Waals surface area (Å²) in [5.74, 6) is -2.18. The molecule has 4 aromatic carbocycles. The molecule has 4 heterocycles. The number of rotatable bonds is 12. The second-order valence-electron chi connectivity index (χ2n) is 16.9. The van der Waals surface area contributed by atoms with Crippen LogP contribution in [0.1, 0.15) is 115 Å². The van der Waals surface area contributed by atoms with Gasteiger partial charge in [0.1, 0.15) is 22.8 Å². The summed E-state index contributed by atoms with van der Waals surface area (Å²) in [4.78, 5) is 71.6. The fourth-order valence-electron chi connectivity index (χ4n) is 9.62. The molecular weight excluding hydrogens is 1180 g/mol. The van der Waals surface area contributed by atoms with Crippen LogP contribution in [0.15, 0.2) is 115 Å². The van der Waals surface area contributed by atoms with E-state index in [0.717, 1.165) is 62.4 Å². The van der Waals surface area contributed by atoms with Gasteiger partial charge in [0.25, 0.3) is 0 Å². The predicted molar refractivity (Wildman–Crippen MR) is 291 cm³/mol. The number of carbonyl (C=O) groups excluding carboxylic acids is 4. The Morgan fingerprint density at radius 1 is 0.347 bits per heavy atom. The molecule has 0 atom stereocenters. The normalized spacial score (nSPS) is 12.1. The van der Waals surface area contributed by atoms with Crippen molar-refractivity contribution < 1.29 is 38.1 Å². The lowest BCUT2D eigenvalue weighted by atomic mass is 9.87. The fourth-order valence-corrected chi connectivity index (χ4v) is 10.7. The van der Waals surface area contributed by atoms with E-state index in [1.54, 1.807) is 27.7 Å². The van der Waals surface area contributed by atoms with E-state index < -0.39 is 23.9 Å². The molecule has 0 bridgehead atoms. The number of aromatic amines is 4. The van der Waals surface area contributed by atoms with E-state index in [4.69, 9.17) is 18.9 Å². The van der Waals surface area contributed by atoms with Crippen molar-refractivity contribution in [3.05, 3.63) is 183 Å². The molecule has 0 saturated heterocycles. The molecule has 8 aromatic rings. The van der Waals surface area contributed by atoms with E-state index in [-0.39, 0.29) is 74.9 Å². The van der Waals surface area contributed by atoms with Crippen LogP contribution in [0.3, 0.4) is 0 Å². The lowest BCUT2D eigenvalue weighted by Crippen LogP contribution is -2.07. The van der Waals surface area contributed by atoms with Crippen LogP contribution >= 0.6 is 63.7 Å². The van der Waals surface area contributed by atoms with Crippen molar-refractivity contribution in [2.24, 2.45) is 0 Å². The molecule has 1 aliphatic rings. The first-order valence-electron chi connectivity index (χ1n) is 23.5. The zero-order valence-corrected chi connectivity index (χ0v) is 46.0. The lowest BCUT2D eigenvalue weighted by Gasteiger charge is -2.16. The second kappa shape index (κ2) is 21.9. The monoisotopic (exact) mass is 1220 g/mol. The third kappa shape index (κ3) is 10.1. The Hall–Kier alpha value is -6.20. The molecule has 0 radical (unpaired) electrons. The van der Waals surface area contributed by atoms with E-state index in [1.807, 2.05) is 97.1 Å². The van der Waals surface area contributed by atoms with Gasteiger partial charge in [-0.25, -0.2) is 19.2 Å². The number of hydrogen-bond acceptors (Lipinski definition) is 8. The summed E-state index contributed by atoms with van der Waals surface area (Å²) in [5.41, 5.74) is 12.2. The Kier molecular flexibility index (Phi) is 15.4. The third-order valence-corrected chi connectivity index (χ3v) is 14.7. The maximum Gasteiger partial charge on any atom is 0.355 e. The molecule has 0 unspecified atom stereocenters. The van der Waals surface area contributed by atoms with Crippen molar-refractivity contribution in [3.8, 4) is 44.5 Å². The molecule has 0 spiro atoms. The number of ether oxygens (including phenoxy) is 4. The van der Waals surface area contributed by atoms with Gasteiger partial charge in [-0.15, -0.1) is 0 Å². The highest BCUT2D eigenvalue weighted by Gasteiger charge is 2.35. The van der Waals surface area contributed by atoms with Gasteiger partial charge in [0.15, 0.2) is 0 Å². The van der Waals surface area contributed by atoms with Crippen LogP contribution in [-0.4, -0.2) is 70.2 Å². The van der Waals surface area contributed by atoms with Gasteiger partial charge in [0, 0.05) is 88.6 Å². The van der Waals surface area contributed by atoms with Gasteiger partial charge in [-0.05, 0) is 121 Å². The number of hydrogen-bond donors (Lipinski definition) is 4. The van der Waals surface area contributed by atoms with Crippen LogP contribution < -0.4 is 0 Å². The molecular formula is C56H48Br4N4O8. The Balaban J connectivity index is 1.45. The third-order valence-electron chi connectivity index (χ3n) is 12.6. The number of H-pyrrole nitrogens is 4.